The minimum atomic E-state index is -4.73. The number of amidine groups is 1. The third-order valence-corrected chi connectivity index (χ3v) is 6.23. The van der Waals surface area contributed by atoms with Gasteiger partial charge >= 0.3 is 40.1 Å². The molecule has 15 nitrogen and oxygen atoms in total. The van der Waals surface area contributed by atoms with E-state index in [4.69, 9.17) is 23.7 Å². The van der Waals surface area contributed by atoms with Gasteiger partial charge in [0.1, 0.15) is 12.7 Å². The number of nitrogens with zero attached hydrogens (tertiary/aromatic N) is 2. The van der Waals surface area contributed by atoms with Crippen molar-refractivity contribution in [2.75, 3.05) is 12.9 Å². The first-order valence-corrected chi connectivity index (χ1v) is 12.2. The number of thioether (sulfide) groups is 1. The van der Waals surface area contributed by atoms with Crippen molar-refractivity contribution in [1.82, 2.24) is 9.62 Å². The van der Waals surface area contributed by atoms with E-state index >= 15 is 0 Å². The summed E-state index contributed by atoms with van der Waals surface area (Å²) in [6.07, 6.45) is -6.87. The summed E-state index contributed by atoms with van der Waals surface area (Å²) in [6, 6.07) is -1.21. The molecule has 0 bridgehead atoms. The number of urea groups is 1. The number of carbonyl (C=O) groups is 5. The maximum Gasteiger partial charge on any atom is 0.353 e. The van der Waals surface area contributed by atoms with Crippen LogP contribution >= 0.6 is 11.8 Å². The molecule has 2 amide bonds. The molecular weight excluding hydrogens is 502 g/mol. The summed E-state index contributed by atoms with van der Waals surface area (Å²) in [5.41, 5.74) is 0. The fourth-order valence-corrected chi connectivity index (χ4v) is 4.95. The molecule has 190 valence electrons. The molecule has 2 rings (SSSR count). The van der Waals surface area contributed by atoms with Gasteiger partial charge in [0.05, 0.1) is 0 Å². The molecule has 0 aromatic rings. The molecular formula is C17H23N3O12S2. The molecule has 0 aromatic heterocycles. The molecule has 1 saturated heterocycles. The van der Waals surface area contributed by atoms with E-state index in [1.165, 1.54) is 6.26 Å². The van der Waals surface area contributed by atoms with Crippen LogP contribution in [0.5, 0.6) is 0 Å². The highest BCUT2D eigenvalue weighted by Gasteiger charge is 2.57. The molecule has 0 aromatic carbocycles. The van der Waals surface area contributed by atoms with Crippen LogP contribution in [0.2, 0.25) is 0 Å². The summed E-state index contributed by atoms with van der Waals surface area (Å²) < 4.78 is 55.4. The standard InChI is InChI=1S/C17H23N3O12S2/c1-7(21)28-6-11-12(29-8(2)22)13(30-9(3)23)14(31-10(4)24)15(32-11)20-17(25)18-16(33-5)19-34(20,26)27/h11-15H,6H2,1-5H3,(H,18,19,25)/t11-,12-,13+,14-,15-/m1/s1. The SMILES string of the molecule is CSC1=NS(=O)(=O)N([C@@H]2O[C@H](COC(C)=O)[C@@H](OC(C)=O)[C@H](OC(C)=O)[C@H]2OC(C)=O)C(=O)N1. The molecule has 1 fully saturated rings. The van der Waals surface area contributed by atoms with Crippen LogP contribution in [0.4, 0.5) is 4.79 Å². The zero-order valence-corrected chi connectivity index (χ0v) is 20.3. The van der Waals surface area contributed by atoms with Crippen molar-refractivity contribution >= 4 is 57.0 Å². The zero-order valence-electron chi connectivity index (χ0n) is 18.7. The first-order valence-electron chi connectivity index (χ1n) is 9.56. The minimum Gasteiger partial charge on any atom is -0.463 e. The Morgan fingerprint density at radius 3 is 1.97 bits per heavy atom. The Bertz CT molecular complexity index is 998. The lowest BCUT2D eigenvalue weighted by atomic mass is 9.97. The van der Waals surface area contributed by atoms with Crippen LogP contribution in [-0.4, -0.2) is 91.3 Å². The van der Waals surface area contributed by atoms with Crippen LogP contribution in [0, 0.1) is 0 Å². The predicted molar refractivity (Wildman–Crippen MR) is 112 cm³/mol. The van der Waals surface area contributed by atoms with Crippen molar-refractivity contribution in [2.45, 2.75) is 58.3 Å². The molecule has 0 aliphatic carbocycles. The number of amides is 2. The van der Waals surface area contributed by atoms with Gasteiger partial charge in [-0.1, -0.05) is 11.8 Å². The van der Waals surface area contributed by atoms with Gasteiger partial charge in [0, 0.05) is 27.7 Å². The minimum absolute atomic E-state index is 0.154. The van der Waals surface area contributed by atoms with E-state index in [0.717, 1.165) is 39.5 Å². The highest BCUT2D eigenvalue weighted by molar-refractivity contribution is 8.14. The van der Waals surface area contributed by atoms with Crippen LogP contribution in [-0.2, 0) is 53.1 Å². The monoisotopic (exact) mass is 525 g/mol. The van der Waals surface area contributed by atoms with Crippen LogP contribution in [0.25, 0.3) is 0 Å². The van der Waals surface area contributed by atoms with Gasteiger partial charge in [0.25, 0.3) is 0 Å². The Kier molecular flexibility index (Phi) is 8.84. The topological polar surface area (TPSA) is 193 Å². The molecule has 2 aliphatic heterocycles. The second-order valence-corrected chi connectivity index (χ2v) is 9.16. The van der Waals surface area contributed by atoms with Gasteiger partial charge in [-0.3, -0.25) is 24.5 Å². The number of rotatable bonds is 6. The van der Waals surface area contributed by atoms with E-state index in [1.807, 2.05) is 0 Å². The second kappa shape index (κ2) is 11.0. The first-order chi connectivity index (χ1) is 15.8. The van der Waals surface area contributed by atoms with Crippen LogP contribution < -0.4 is 5.32 Å². The lowest BCUT2D eigenvalue weighted by molar-refractivity contribution is -0.265. The molecule has 2 aliphatic rings. The van der Waals surface area contributed by atoms with Gasteiger partial charge in [-0.05, 0) is 6.26 Å². The van der Waals surface area contributed by atoms with E-state index in [2.05, 4.69) is 9.71 Å². The number of ether oxygens (including phenoxy) is 5. The first kappa shape index (κ1) is 27.3. The number of hydrogen-bond donors (Lipinski definition) is 1. The number of carbonyl (C=O) groups excluding carboxylic acids is 5. The number of hydrogen-bond acceptors (Lipinski definition) is 13. The van der Waals surface area contributed by atoms with Crippen molar-refractivity contribution in [3.05, 3.63) is 0 Å². The van der Waals surface area contributed by atoms with Gasteiger partial charge in [-0.15, -0.1) is 4.40 Å². The Labute approximate surface area is 198 Å². The van der Waals surface area contributed by atoms with Gasteiger partial charge in [0.2, 0.25) is 0 Å². The summed E-state index contributed by atoms with van der Waals surface area (Å²) in [4.78, 5) is 59.5. The van der Waals surface area contributed by atoms with Crippen molar-refractivity contribution in [2.24, 2.45) is 4.40 Å². The number of nitrogens with one attached hydrogen (secondary N) is 1. The summed E-state index contributed by atoms with van der Waals surface area (Å²) >= 11 is 0.842. The van der Waals surface area contributed by atoms with Crippen molar-refractivity contribution < 1.29 is 56.1 Å². The fourth-order valence-electron chi connectivity index (χ4n) is 3.15. The summed E-state index contributed by atoms with van der Waals surface area (Å²) in [6.45, 7) is 3.49. The second-order valence-electron chi connectivity index (χ2n) is 6.89. The predicted octanol–water partition coefficient (Wildman–Crippen LogP) is -0.941. The fraction of sp³-hybridized carbons (Fsp3) is 0.647. The highest BCUT2D eigenvalue weighted by Crippen LogP contribution is 2.33. The third kappa shape index (κ3) is 6.57. The summed E-state index contributed by atoms with van der Waals surface area (Å²) in [5.74, 6) is -3.50. The molecule has 0 unspecified atom stereocenters. The molecule has 2 heterocycles. The number of esters is 4. The Hall–Kier alpha value is -2.92. The molecule has 34 heavy (non-hydrogen) atoms. The van der Waals surface area contributed by atoms with E-state index in [-0.39, 0.29) is 9.47 Å². The lowest BCUT2D eigenvalue weighted by Gasteiger charge is -2.46. The lowest BCUT2D eigenvalue weighted by Crippen LogP contribution is -2.69. The van der Waals surface area contributed by atoms with Gasteiger partial charge in [-0.25, -0.2) is 4.79 Å². The summed E-state index contributed by atoms with van der Waals surface area (Å²) in [5, 5.41) is 2.00. The Morgan fingerprint density at radius 2 is 1.50 bits per heavy atom. The maximum absolute atomic E-state index is 12.8. The van der Waals surface area contributed by atoms with Crippen LogP contribution in [0.3, 0.4) is 0 Å². The summed E-state index contributed by atoms with van der Waals surface area (Å²) in [7, 11) is -4.73. The van der Waals surface area contributed by atoms with Crippen molar-refractivity contribution in [3.8, 4) is 0 Å². The Morgan fingerprint density at radius 1 is 0.971 bits per heavy atom. The quantitative estimate of drug-likeness (QED) is 0.330. The van der Waals surface area contributed by atoms with Crippen molar-refractivity contribution in [1.29, 1.82) is 0 Å². The van der Waals surface area contributed by atoms with E-state index in [1.54, 1.807) is 0 Å². The molecule has 0 saturated carbocycles. The largest absolute Gasteiger partial charge is 0.463 e. The van der Waals surface area contributed by atoms with Crippen molar-refractivity contribution in [3.63, 3.8) is 0 Å². The Balaban J connectivity index is 2.64. The molecule has 5 atom stereocenters. The molecule has 17 heteroatoms. The highest BCUT2D eigenvalue weighted by atomic mass is 32.2. The smallest absolute Gasteiger partial charge is 0.353 e. The van der Waals surface area contributed by atoms with Gasteiger partial charge < -0.3 is 23.7 Å². The molecule has 1 N–H and O–H groups in total. The van der Waals surface area contributed by atoms with Crippen LogP contribution in [0.1, 0.15) is 27.7 Å². The molecule has 0 spiro atoms. The van der Waals surface area contributed by atoms with Crippen LogP contribution in [0.15, 0.2) is 4.40 Å². The maximum atomic E-state index is 12.8. The molecule has 0 radical (unpaired) electrons. The van der Waals surface area contributed by atoms with Gasteiger partial charge in [-0.2, -0.15) is 12.7 Å². The average molecular weight is 526 g/mol. The zero-order chi connectivity index (χ0) is 25.8. The van der Waals surface area contributed by atoms with Gasteiger partial charge in [0.15, 0.2) is 29.7 Å². The normalized spacial score (nSPS) is 28.1. The van der Waals surface area contributed by atoms with E-state index < -0.39 is 77.4 Å². The van der Waals surface area contributed by atoms with E-state index in [0.29, 0.717) is 0 Å². The third-order valence-electron chi connectivity index (χ3n) is 4.25. The average Bonchev–Trinajstić information content (AvgIpc) is 2.68. The van der Waals surface area contributed by atoms with E-state index in [9.17, 15) is 32.4 Å².